The average molecular weight is 482 g/mol. The molecule has 3 aromatic carbocycles. The lowest BCUT2D eigenvalue weighted by molar-refractivity contribution is -0.124. The van der Waals surface area contributed by atoms with Gasteiger partial charge in [-0.1, -0.05) is 54.6 Å². The van der Waals surface area contributed by atoms with Crippen molar-refractivity contribution in [3.05, 3.63) is 107 Å². The van der Waals surface area contributed by atoms with Crippen LogP contribution in [0.1, 0.15) is 34.7 Å². The Balaban J connectivity index is 1.32. The third-order valence-electron chi connectivity index (χ3n) is 6.92. The SMILES string of the molecule is O=C(C=Cc1ccc2c(c1)CCC2N(CCOc1ccccc1)CCc1c[nH]c2ccccc12)NO. The first-order valence-corrected chi connectivity index (χ1v) is 12.4. The van der Waals surface area contributed by atoms with Crippen molar-refractivity contribution in [2.45, 2.75) is 25.3 Å². The number of hydrogen-bond acceptors (Lipinski definition) is 4. The molecule has 5 rings (SSSR count). The molecule has 0 aliphatic heterocycles. The molecule has 1 unspecified atom stereocenters. The number of aromatic nitrogens is 1. The Bertz CT molecular complexity index is 1350. The van der Waals surface area contributed by atoms with Crippen LogP contribution >= 0.6 is 0 Å². The number of H-pyrrole nitrogens is 1. The van der Waals surface area contributed by atoms with Crippen molar-refractivity contribution in [2.24, 2.45) is 0 Å². The Kier molecular flexibility index (Phi) is 7.45. The van der Waals surface area contributed by atoms with Crippen LogP contribution in [0.15, 0.2) is 85.1 Å². The van der Waals surface area contributed by atoms with Crippen molar-refractivity contribution >= 4 is 22.9 Å². The minimum absolute atomic E-state index is 0.323. The van der Waals surface area contributed by atoms with Gasteiger partial charge in [-0.25, -0.2) is 5.48 Å². The van der Waals surface area contributed by atoms with E-state index in [0.29, 0.717) is 12.6 Å². The summed E-state index contributed by atoms with van der Waals surface area (Å²) in [5, 5.41) is 10.0. The number of carbonyl (C=O) groups excluding carboxylic acids is 1. The van der Waals surface area contributed by atoms with Gasteiger partial charge < -0.3 is 9.72 Å². The van der Waals surface area contributed by atoms with Crippen molar-refractivity contribution in [3.63, 3.8) is 0 Å². The molecule has 1 aliphatic carbocycles. The van der Waals surface area contributed by atoms with Crippen molar-refractivity contribution in [1.29, 1.82) is 0 Å². The normalized spacial score (nSPS) is 15.0. The molecular weight excluding hydrogens is 450 g/mol. The van der Waals surface area contributed by atoms with E-state index in [9.17, 15) is 4.79 Å². The third kappa shape index (κ3) is 5.51. The van der Waals surface area contributed by atoms with E-state index >= 15 is 0 Å². The Hall–Kier alpha value is -3.87. The molecule has 4 aromatic rings. The minimum Gasteiger partial charge on any atom is -0.492 e. The van der Waals surface area contributed by atoms with Crippen LogP contribution in [0.2, 0.25) is 0 Å². The molecule has 0 bridgehead atoms. The summed E-state index contributed by atoms with van der Waals surface area (Å²) in [5.74, 6) is 0.361. The van der Waals surface area contributed by atoms with Crippen LogP contribution in [0.4, 0.5) is 0 Å². The maximum absolute atomic E-state index is 11.3. The zero-order valence-corrected chi connectivity index (χ0v) is 20.2. The minimum atomic E-state index is -0.532. The molecule has 1 heterocycles. The number of aryl methyl sites for hydroxylation is 1. The maximum atomic E-state index is 11.3. The summed E-state index contributed by atoms with van der Waals surface area (Å²) in [6.07, 6.45) is 8.20. The number of fused-ring (bicyclic) bond motifs is 2. The van der Waals surface area contributed by atoms with Crippen LogP contribution in [0.3, 0.4) is 0 Å². The summed E-state index contributed by atoms with van der Waals surface area (Å²) in [5.41, 5.74) is 7.75. The highest BCUT2D eigenvalue weighted by molar-refractivity contribution is 5.90. The van der Waals surface area contributed by atoms with E-state index in [1.807, 2.05) is 36.4 Å². The fraction of sp³-hybridized carbons (Fsp3) is 0.233. The lowest BCUT2D eigenvalue weighted by atomic mass is 10.0. The Morgan fingerprint density at radius 1 is 1.08 bits per heavy atom. The average Bonchev–Trinajstić information content (AvgIpc) is 3.54. The highest BCUT2D eigenvalue weighted by Gasteiger charge is 2.28. The molecule has 6 nitrogen and oxygen atoms in total. The number of hydrogen-bond donors (Lipinski definition) is 3. The molecule has 184 valence electrons. The molecule has 36 heavy (non-hydrogen) atoms. The number of ether oxygens (including phenoxy) is 1. The number of benzene rings is 3. The predicted molar refractivity (Wildman–Crippen MR) is 142 cm³/mol. The Morgan fingerprint density at radius 3 is 2.78 bits per heavy atom. The summed E-state index contributed by atoms with van der Waals surface area (Å²) < 4.78 is 6.06. The summed E-state index contributed by atoms with van der Waals surface area (Å²) in [6, 6.07) is 25.1. The Labute approximate surface area is 211 Å². The second-order valence-electron chi connectivity index (χ2n) is 9.13. The van der Waals surface area contributed by atoms with Crippen molar-refractivity contribution in [2.75, 3.05) is 19.7 Å². The summed E-state index contributed by atoms with van der Waals surface area (Å²) in [4.78, 5) is 17.3. The second-order valence-corrected chi connectivity index (χ2v) is 9.13. The molecule has 6 heteroatoms. The van der Waals surface area contributed by atoms with Gasteiger partial charge in [-0.2, -0.15) is 0 Å². The van der Waals surface area contributed by atoms with Crippen molar-refractivity contribution in [1.82, 2.24) is 15.4 Å². The Morgan fingerprint density at radius 2 is 1.92 bits per heavy atom. The zero-order chi connectivity index (χ0) is 24.7. The first kappa shape index (κ1) is 23.9. The van der Waals surface area contributed by atoms with Crippen LogP contribution < -0.4 is 10.2 Å². The number of carbonyl (C=O) groups is 1. The van der Waals surface area contributed by atoms with Crippen molar-refractivity contribution < 1.29 is 14.7 Å². The van der Waals surface area contributed by atoms with Crippen LogP contribution in [-0.4, -0.2) is 40.7 Å². The van der Waals surface area contributed by atoms with Crippen molar-refractivity contribution in [3.8, 4) is 5.75 Å². The first-order chi connectivity index (χ1) is 17.7. The fourth-order valence-electron chi connectivity index (χ4n) is 5.13. The third-order valence-corrected chi connectivity index (χ3v) is 6.92. The second kappa shape index (κ2) is 11.2. The fourth-order valence-corrected chi connectivity index (χ4v) is 5.13. The number of nitrogens with zero attached hydrogens (tertiary/aromatic N) is 1. The van der Waals surface area contributed by atoms with Gasteiger partial charge in [0.05, 0.1) is 0 Å². The monoisotopic (exact) mass is 481 g/mol. The molecular formula is C30H31N3O3. The van der Waals surface area contributed by atoms with E-state index in [1.54, 1.807) is 11.6 Å². The van der Waals surface area contributed by atoms with Crippen LogP contribution in [0.25, 0.3) is 17.0 Å². The van der Waals surface area contributed by atoms with Gasteiger partial charge in [0.25, 0.3) is 5.91 Å². The highest BCUT2D eigenvalue weighted by atomic mass is 16.5. The molecule has 0 spiro atoms. The lowest BCUT2D eigenvalue weighted by Gasteiger charge is -2.29. The van der Waals surface area contributed by atoms with Gasteiger partial charge >= 0.3 is 0 Å². The summed E-state index contributed by atoms with van der Waals surface area (Å²) in [6.45, 7) is 2.39. The molecule has 0 fully saturated rings. The van der Waals surface area contributed by atoms with Gasteiger partial charge in [0.15, 0.2) is 0 Å². The van der Waals surface area contributed by atoms with E-state index in [-0.39, 0.29) is 0 Å². The number of nitrogens with one attached hydrogen (secondary N) is 2. The number of hydroxylamine groups is 1. The van der Waals surface area contributed by atoms with Gasteiger partial charge in [-0.05, 0) is 65.8 Å². The van der Waals surface area contributed by atoms with E-state index in [0.717, 1.165) is 43.7 Å². The largest absolute Gasteiger partial charge is 0.492 e. The molecule has 1 aliphatic rings. The number of para-hydroxylation sites is 2. The van der Waals surface area contributed by atoms with Crippen LogP contribution in [0, 0.1) is 0 Å². The number of amides is 1. The zero-order valence-electron chi connectivity index (χ0n) is 20.2. The smallest absolute Gasteiger partial charge is 0.267 e. The standard InChI is InChI=1S/C30H31N3O3/c34-30(32-35)15-11-22-10-13-27-23(20-22)12-14-29(27)33(18-19-36-25-6-2-1-3-7-25)17-16-24-21-31-28-9-5-4-8-26(24)28/h1-11,13,15,20-21,29,31,35H,12,14,16-19H2,(H,32,34). The first-order valence-electron chi connectivity index (χ1n) is 12.4. The molecule has 3 N–H and O–H groups in total. The van der Waals surface area contributed by atoms with E-state index in [1.165, 1.54) is 33.7 Å². The van der Waals surface area contributed by atoms with Gasteiger partial charge in [-0.15, -0.1) is 0 Å². The van der Waals surface area contributed by atoms with Gasteiger partial charge in [0.1, 0.15) is 12.4 Å². The van der Waals surface area contributed by atoms with Gasteiger partial charge in [0.2, 0.25) is 0 Å². The van der Waals surface area contributed by atoms with Crippen LogP contribution in [-0.2, 0) is 17.6 Å². The van der Waals surface area contributed by atoms with Gasteiger partial charge in [0, 0.05) is 42.3 Å². The number of aromatic amines is 1. The lowest BCUT2D eigenvalue weighted by Crippen LogP contribution is -2.33. The van der Waals surface area contributed by atoms with Gasteiger partial charge in [-0.3, -0.25) is 14.9 Å². The predicted octanol–water partition coefficient (Wildman–Crippen LogP) is 5.30. The topological polar surface area (TPSA) is 77.6 Å². The summed E-state index contributed by atoms with van der Waals surface area (Å²) in [7, 11) is 0. The molecule has 1 aromatic heterocycles. The number of rotatable bonds is 10. The molecule has 1 amide bonds. The molecule has 0 saturated heterocycles. The maximum Gasteiger partial charge on any atom is 0.267 e. The van der Waals surface area contributed by atoms with Crippen LogP contribution in [0.5, 0.6) is 5.75 Å². The molecule has 1 atom stereocenters. The molecule has 0 radical (unpaired) electrons. The highest BCUT2D eigenvalue weighted by Crippen LogP contribution is 2.36. The molecule has 0 saturated carbocycles. The van der Waals surface area contributed by atoms with E-state index in [2.05, 4.69) is 52.5 Å². The van der Waals surface area contributed by atoms with E-state index in [4.69, 9.17) is 9.94 Å². The quantitative estimate of drug-likeness (QED) is 0.163. The summed E-state index contributed by atoms with van der Waals surface area (Å²) >= 11 is 0. The van der Waals surface area contributed by atoms with E-state index < -0.39 is 5.91 Å².